The molecule has 1 fully saturated rings. The first-order chi connectivity index (χ1) is 6.70. The summed E-state index contributed by atoms with van der Waals surface area (Å²) in [6, 6.07) is 4.23. The number of amidine groups is 1. The molecule has 1 heterocycles. The van der Waals surface area contributed by atoms with Gasteiger partial charge in [-0.25, -0.2) is 4.98 Å². The molecule has 0 atom stereocenters. The third kappa shape index (κ3) is 1.55. The Kier molecular flexibility index (Phi) is 2.11. The Labute approximate surface area is 83.3 Å². The van der Waals surface area contributed by atoms with Gasteiger partial charge in [0, 0.05) is 19.3 Å². The summed E-state index contributed by atoms with van der Waals surface area (Å²) in [7, 11) is 2.01. The van der Waals surface area contributed by atoms with E-state index in [0.29, 0.717) is 6.04 Å². The molecule has 0 amide bonds. The molecule has 0 radical (unpaired) electrons. The molecule has 14 heavy (non-hydrogen) atoms. The van der Waals surface area contributed by atoms with Crippen LogP contribution in [0.4, 0.5) is 5.82 Å². The van der Waals surface area contributed by atoms with E-state index in [1.165, 1.54) is 12.8 Å². The zero-order valence-electron chi connectivity index (χ0n) is 8.20. The van der Waals surface area contributed by atoms with Crippen LogP contribution in [0.5, 0.6) is 0 Å². The average molecular weight is 190 g/mol. The minimum Gasteiger partial charge on any atom is -0.384 e. The van der Waals surface area contributed by atoms with Crippen LogP contribution in [0.15, 0.2) is 18.3 Å². The molecule has 1 aromatic rings. The number of hydrogen-bond donors (Lipinski definition) is 2. The van der Waals surface area contributed by atoms with Crippen molar-refractivity contribution in [2.45, 2.75) is 18.9 Å². The number of rotatable bonds is 3. The summed E-state index contributed by atoms with van der Waals surface area (Å²) in [4.78, 5) is 6.37. The average Bonchev–Trinajstić information content (AvgIpc) is 3.00. The lowest BCUT2D eigenvalue weighted by molar-refractivity contribution is 0.890. The second kappa shape index (κ2) is 3.29. The van der Waals surface area contributed by atoms with Crippen LogP contribution < -0.4 is 10.6 Å². The van der Waals surface area contributed by atoms with Gasteiger partial charge in [0.15, 0.2) is 0 Å². The minimum atomic E-state index is 0.0839. The van der Waals surface area contributed by atoms with Crippen LogP contribution in [0.1, 0.15) is 18.4 Å². The van der Waals surface area contributed by atoms with E-state index in [2.05, 4.69) is 9.88 Å². The Balaban J connectivity index is 2.34. The number of nitrogens with zero attached hydrogens (tertiary/aromatic N) is 2. The lowest BCUT2D eigenvalue weighted by Gasteiger charge is -2.19. The predicted octanol–water partition coefficient (Wildman–Crippen LogP) is 0.964. The standard InChI is InChI=1S/C10H14N4/c1-14(7-4-5-7)10-8(9(11)12)3-2-6-13-10/h2-3,6-7H,4-5H2,1H3,(H3,11,12). The number of nitrogens with two attached hydrogens (primary N) is 1. The first-order valence-electron chi connectivity index (χ1n) is 4.72. The number of pyridine rings is 1. The predicted molar refractivity (Wildman–Crippen MR) is 56.7 cm³/mol. The molecule has 2 rings (SSSR count). The van der Waals surface area contributed by atoms with Gasteiger partial charge in [-0.2, -0.15) is 0 Å². The molecule has 1 saturated carbocycles. The van der Waals surface area contributed by atoms with Crippen LogP contribution in [0.25, 0.3) is 0 Å². The molecule has 74 valence electrons. The Hall–Kier alpha value is -1.58. The fourth-order valence-corrected chi connectivity index (χ4v) is 1.52. The van der Waals surface area contributed by atoms with Crippen molar-refractivity contribution in [1.29, 1.82) is 5.41 Å². The van der Waals surface area contributed by atoms with Gasteiger partial charge in [0.2, 0.25) is 0 Å². The van der Waals surface area contributed by atoms with E-state index in [-0.39, 0.29) is 5.84 Å². The van der Waals surface area contributed by atoms with Gasteiger partial charge in [-0.3, -0.25) is 5.41 Å². The van der Waals surface area contributed by atoms with E-state index in [0.717, 1.165) is 11.4 Å². The van der Waals surface area contributed by atoms with Crippen molar-refractivity contribution in [3.05, 3.63) is 23.9 Å². The third-order valence-electron chi connectivity index (χ3n) is 2.51. The third-order valence-corrected chi connectivity index (χ3v) is 2.51. The van der Waals surface area contributed by atoms with Crippen LogP contribution in [-0.2, 0) is 0 Å². The summed E-state index contributed by atoms with van der Waals surface area (Å²) < 4.78 is 0. The Morgan fingerprint density at radius 3 is 2.93 bits per heavy atom. The molecule has 3 N–H and O–H groups in total. The van der Waals surface area contributed by atoms with Crippen molar-refractivity contribution >= 4 is 11.7 Å². The Morgan fingerprint density at radius 1 is 1.64 bits per heavy atom. The van der Waals surface area contributed by atoms with E-state index in [9.17, 15) is 0 Å². The fraction of sp³-hybridized carbons (Fsp3) is 0.400. The van der Waals surface area contributed by atoms with Gasteiger partial charge >= 0.3 is 0 Å². The maximum absolute atomic E-state index is 7.44. The lowest BCUT2D eigenvalue weighted by atomic mass is 10.2. The molecule has 0 saturated heterocycles. The smallest absolute Gasteiger partial charge is 0.139 e. The van der Waals surface area contributed by atoms with Gasteiger partial charge in [0.1, 0.15) is 11.7 Å². The number of aromatic nitrogens is 1. The summed E-state index contributed by atoms with van der Waals surface area (Å²) in [6.45, 7) is 0. The van der Waals surface area contributed by atoms with Crippen LogP contribution in [0.3, 0.4) is 0 Å². The highest BCUT2D eigenvalue weighted by Gasteiger charge is 2.28. The van der Waals surface area contributed by atoms with Crippen molar-refractivity contribution < 1.29 is 0 Å². The summed E-state index contributed by atoms with van der Waals surface area (Å²) in [5.74, 6) is 0.906. The monoisotopic (exact) mass is 190 g/mol. The number of anilines is 1. The van der Waals surface area contributed by atoms with Crippen molar-refractivity contribution in [3.63, 3.8) is 0 Å². The zero-order chi connectivity index (χ0) is 10.1. The van der Waals surface area contributed by atoms with Crippen molar-refractivity contribution in [1.82, 2.24) is 4.98 Å². The van der Waals surface area contributed by atoms with E-state index in [1.54, 1.807) is 12.3 Å². The van der Waals surface area contributed by atoms with Gasteiger partial charge in [-0.05, 0) is 25.0 Å². The van der Waals surface area contributed by atoms with Gasteiger partial charge in [0.25, 0.3) is 0 Å². The summed E-state index contributed by atoms with van der Waals surface area (Å²) in [6.07, 6.45) is 4.16. The summed E-state index contributed by atoms with van der Waals surface area (Å²) in [5.41, 5.74) is 6.21. The molecule has 4 heteroatoms. The highest BCUT2D eigenvalue weighted by Crippen LogP contribution is 2.30. The molecule has 0 unspecified atom stereocenters. The molecule has 0 aromatic carbocycles. The second-order valence-corrected chi connectivity index (χ2v) is 3.63. The van der Waals surface area contributed by atoms with Gasteiger partial charge < -0.3 is 10.6 Å². The summed E-state index contributed by atoms with van der Waals surface area (Å²) >= 11 is 0. The second-order valence-electron chi connectivity index (χ2n) is 3.63. The van der Waals surface area contributed by atoms with Gasteiger partial charge in [-0.1, -0.05) is 0 Å². The molecule has 1 aliphatic rings. The maximum Gasteiger partial charge on any atom is 0.139 e. The highest BCUT2D eigenvalue weighted by molar-refractivity contribution is 5.99. The molecule has 1 aromatic heterocycles. The molecule has 1 aliphatic carbocycles. The molecule has 4 nitrogen and oxygen atoms in total. The van der Waals surface area contributed by atoms with E-state index >= 15 is 0 Å². The van der Waals surface area contributed by atoms with Crippen molar-refractivity contribution in [2.75, 3.05) is 11.9 Å². The Bertz CT molecular complexity index is 357. The number of nitrogen functional groups attached to an aromatic ring is 1. The normalized spacial score (nSPS) is 15.2. The van der Waals surface area contributed by atoms with Gasteiger partial charge in [0.05, 0.1) is 5.56 Å². The Morgan fingerprint density at radius 2 is 2.36 bits per heavy atom. The molecular formula is C10H14N4. The topological polar surface area (TPSA) is 66.0 Å². The first-order valence-corrected chi connectivity index (χ1v) is 4.72. The quantitative estimate of drug-likeness (QED) is 0.551. The largest absolute Gasteiger partial charge is 0.384 e. The van der Waals surface area contributed by atoms with E-state index in [1.807, 2.05) is 13.1 Å². The lowest BCUT2D eigenvalue weighted by Crippen LogP contribution is -2.25. The van der Waals surface area contributed by atoms with Crippen LogP contribution in [-0.4, -0.2) is 23.9 Å². The van der Waals surface area contributed by atoms with Crippen molar-refractivity contribution in [2.24, 2.45) is 5.73 Å². The molecule has 0 bridgehead atoms. The first kappa shape index (κ1) is 8.99. The van der Waals surface area contributed by atoms with Crippen LogP contribution >= 0.6 is 0 Å². The summed E-state index contributed by atoms with van der Waals surface area (Å²) in [5, 5.41) is 7.44. The SMILES string of the molecule is CN(c1ncccc1C(=N)N)C1CC1. The number of hydrogen-bond acceptors (Lipinski definition) is 3. The zero-order valence-corrected chi connectivity index (χ0v) is 8.20. The minimum absolute atomic E-state index is 0.0839. The van der Waals surface area contributed by atoms with Crippen LogP contribution in [0.2, 0.25) is 0 Å². The van der Waals surface area contributed by atoms with Crippen molar-refractivity contribution in [3.8, 4) is 0 Å². The van der Waals surface area contributed by atoms with E-state index < -0.39 is 0 Å². The molecule has 0 spiro atoms. The van der Waals surface area contributed by atoms with Gasteiger partial charge in [-0.15, -0.1) is 0 Å². The highest BCUT2D eigenvalue weighted by atomic mass is 15.2. The molecular weight excluding hydrogens is 176 g/mol. The van der Waals surface area contributed by atoms with E-state index in [4.69, 9.17) is 11.1 Å². The fourth-order valence-electron chi connectivity index (χ4n) is 1.52. The molecule has 0 aliphatic heterocycles. The number of nitrogens with one attached hydrogen (secondary N) is 1. The maximum atomic E-state index is 7.44. The van der Waals surface area contributed by atoms with Crippen LogP contribution in [0, 0.1) is 5.41 Å².